The molecule has 0 spiro atoms. The molecule has 0 bridgehead atoms. The molecule has 1 aliphatic heterocycles. The number of alkyl halides is 1. The van der Waals surface area contributed by atoms with Crippen LogP contribution >= 0.6 is 15.9 Å². The van der Waals surface area contributed by atoms with Gasteiger partial charge in [0.25, 0.3) is 0 Å². The van der Waals surface area contributed by atoms with Crippen LogP contribution < -0.4 is 0 Å². The van der Waals surface area contributed by atoms with Crippen LogP contribution in [0.2, 0.25) is 0 Å². The summed E-state index contributed by atoms with van der Waals surface area (Å²) in [5.41, 5.74) is 1.20. The van der Waals surface area contributed by atoms with E-state index in [0.717, 1.165) is 15.6 Å². The van der Waals surface area contributed by atoms with Crippen LogP contribution in [0, 0.1) is 0 Å². The molecule has 0 aromatic heterocycles. The number of benzene rings is 1. The summed E-state index contributed by atoms with van der Waals surface area (Å²) in [6.07, 6.45) is 2.43. The van der Waals surface area contributed by atoms with E-state index >= 15 is 0 Å². The van der Waals surface area contributed by atoms with Gasteiger partial charge in [0.2, 0.25) is 0 Å². The number of hydrogen-bond acceptors (Lipinski definition) is 2. The number of allylic oxidation sites excluding steroid dienone is 2. The Morgan fingerprint density at radius 3 is 2.58 bits per heavy atom. The number of hydrogen-bond donors (Lipinski definition) is 0. The normalized spacial score (nSPS) is 21.3. The number of carbonyl (C=O) groups excluding carboxylic acids is 1. The molecule has 0 radical (unpaired) electrons. The standard InChI is InChI=1S/C19H23BrFNO2/c1-13(14-6-8-15(20)9-7-14)5-10-17-11-16(21)12-22(17)18(23)24-19(2,3)4/h5-10,16-17H,1,11-12H2,2-4H3/t16-,17+/m0/s1. The lowest BCUT2D eigenvalue weighted by molar-refractivity contribution is 0.0246. The Bertz CT molecular complexity index is 634. The smallest absolute Gasteiger partial charge is 0.410 e. The van der Waals surface area contributed by atoms with Crippen LogP contribution in [-0.2, 0) is 4.74 Å². The predicted octanol–water partition coefficient (Wildman–Crippen LogP) is 5.37. The number of likely N-dealkylation sites (tertiary alicyclic amines) is 1. The number of halogens is 2. The maximum absolute atomic E-state index is 13.8. The van der Waals surface area contributed by atoms with Gasteiger partial charge in [0, 0.05) is 10.9 Å². The summed E-state index contributed by atoms with van der Waals surface area (Å²) in [7, 11) is 0. The van der Waals surface area contributed by atoms with Crippen molar-refractivity contribution in [3.8, 4) is 0 Å². The second-order valence-electron chi connectivity index (χ2n) is 6.92. The lowest BCUT2D eigenvalue weighted by atomic mass is 10.1. The van der Waals surface area contributed by atoms with Crippen molar-refractivity contribution in [2.24, 2.45) is 0 Å². The van der Waals surface area contributed by atoms with Gasteiger partial charge in [-0.2, -0.15) is 0 Å². The van der Waals surface area contributed by atoms with Gasteiger partial charge in [-0.25, -0.2) is 9.18 Å². The minimum atomic E-state index is -1.03. The molecule has 1 aliphatic rings. The van der Waals surface area contributed by atoms with Crippen LogP contribution in [0.15, 0.2) is 47.5 Å². The van der Waals surface area contributed by atoms with Crippen molar-refractivity contribution in [2.75, 3.05) is 6.54 Å². The second-order valence-corrected chi connectivity index (χ2v) is 7.84. The topological polar surface area (TPSA) is 29.5 Å². The van der Waals surface area contributed by atoms with E-state index in [1.807, 2.05) is 36.4 Å². The van der Waals surface area contributed by atoms with Gasteiger partial charge in [-0.05, 0) is 44.0 Å². The minimum Gasteiger partial charge on any atom is -0.444 e. The van der Waals surface area contributed by atoms with Crippen molar-refractivity contribution in [1.82, 2.24) is 4.90 Å². The third-order valence-electron chi connectivity index (χ3n) is 3.65. The molecule has 2 atom stereocenters. The van der Waals surface area contributed by atoms with Gasteiger partial charge in [-0.15, -0.1) is 0 Å². The van der Waals surface area contributed by atoms with Gasteiger partial charge in [-0.3, -0.25) is 4.90 Å². The quantitative estimate of drug-likeness (QED) is 0.644. The van der Waals surface area contributed by atoms with Crippen molar-refractivity contribution in [3.05, 3.63) is 53.0 Å². The Balaban J connectivity index is 2.07. The molecule has 1 saturated heterocycles. The van der Waals surface area contributed by atoms with Gasteiger partial charge >= 0.3 is 6.09 Å². The van der Waals surface area contributed by atoms with Crippen molar-refractivity contribution < 1.29 is 13.9 Å². The molecular weight excluding hydrogens is 373 g/mol. The molecule has 1 aromatic rings. The SMILES string of the molecule is C=C(C=C[C@@H]1C[C@H](F)CN1C(=O)OC(C)(C)C)c1ccc(Br)cc1. The molecule has 0 saturated carbocycles. The lowest BCUT2D eigenvalue weighted by Crippen LogP contribution is -2.39. The average Bonchev–Trinajstić information content (AvgIpc) is 2.85. The number of amides is 1. The fraction of sp³-hybridized carbons (Fsp3) is 0.421. The van der Waals surface area contributed by atoms with E-state index in [1.165, 1.54) is 4.90 Å². The first kappa shape index (κ1) is 18.7. The largest absolute Gasteiger partial charge is 0.444 e. The third-order valence-corrected chi connectivity index (χ3v) is 4.18. The van der Waals surface area contributed by atoms with Crippen LogP contribution in [0.1, 0.15) is 32.8 Å². The van der Waals surface area contributed by atoms with E-state index in [4.69, 9.17) is 4.74 Å². The Morgan fingerprint density at radius 2 is 2.00 bits per heavy atom. The maximum atomic E-state index is 13.8. The van der Waals surface area contributed by atoms with Crippen molar-refractivity contribution in [1.29, 1.82) is 0 Å². The van der Waals surface area contributed by atoms with Gasteiger partial charge in [0.15, 0.2) is 0 Å². The third kappa shape index (κ3) is 5.20. The van der Waals surface area contributed by atoms with E-state index in [0.29, 0.717) is 0 Å². The summed E-state index contributed by atoms with van der Waals surface area (Å²) >= 11 is 3.39. The zero-order valence-corrected chi connectivity index (χ0v) is 15.8. The van der Waals surface area contributed by atoms with E-state index in [-0.39, 0.29) is 19.0 Å². The van der Waals surface area contributed by atoms with Crippen molar-refractivity contribution in [2.45, 2.75) is 45.0 Å². The molecule has 24 heavy (non-hydrogen) atoms. The van der Waals surface area contributed by atoms with Crippen LogP contribution in [-0.4, -0.2) is 35.4 Å². The molecule has 130 valence electrons. The van der Waals surface area contributed by atoms with Crippen LogP contribution in [0.3, 0.4) is 0 Å². The number of carbonyl (C=O) groups is 1. The number of rotatable bonds is 3. The summed E-state index contributed by atoms with van der Waals surface area (Å²) in [5, 5.41) is 0. The minimum absolute atomic E-state index is 0.0642. The molecular formula is C19H23BrFNO2. The van der Waals surface area contributed by atoms with Crippen LogP contribution in [0.5, 0.6) is 0 Å². The average molecular weight is 396 g/mol. The Kier molecular flexibility index (Phi) is 5.86. The molecule has 1 heterocycles. The zero-order valence-electron chi connectivity index (χ0n) is 14.3. The summed E-state index contributed by atoms with van der Waals surface area (Å²) < 4.78 is 20.2. The highest BCUT2D eigenvalue weighted by Crippen LogP contribution is 2.25. The van der Waals surface area contributed by atoms with E-state index in [9.17, 15) is 9.18 Å². The molecule has 0 N–H and O–H groups in total. The van der Waals surface area contributed by atoms with Crippen LogP contribution in [0.25, 0.3) is 5.57 Å². The molecule has 5 heteroatoms. The molecule has 3 nitrogen and oxygen atoms in total. The van der Waals surface area contributed by atoms with Crippen LogP contribution in [0.4, 0.5) is 9.18 Å². The number of nitrogens with zero attached hydrogens (tertiary/aromatic N) is 1. The zero-order chi connectivity index (χ0) is 17.9. The monoisotopic (exact) mass is 395 g/mol. The van der Waals surface area contributed by atoms with E-state index in [2.05, 4.69) is 22.5 Å². The Morgan fingerprint density at radius 1 is 1.38 bits per heavy atom. The first-order chi connectivity index (χ1) is 11.2. The summed E-state index contributed by atoms with van der Waals surface area (Å²) in [6.45, 7) is 9.50. The highest BCUT2D eigenvalue weighted by atomic mass is 79.9. The Labute approximate surface area is 151 Å². The first-order valence-electron chi connectivity index (χ1n) is 7.92. The van der Waals surface area contributed by atoms with Gasteiger partial charge < -0.3 is 4.74 Å². The fourth-order valence-electron chi connectivity index (χ4n) is 2.51. The highest BCUT2D eigenvalue weighted by Gasteiger charge is 2.36. The first-order valence-corrected chi connectivity index (χ1v) is 8.72. The predicted molar refractivity (Wildman–Crippen MR) is 98.6 cm³/mol. The molecule has 0 aliphatic carbocycles. The Hall–Kier alpha value is -1.62. The molecule has 1 amide bonds. The molecule has 0 unspecified atom stereocenters. The van der Waals surface area contributed by atoms with E-state index < -0.39 is 17.9 Å². The van der Waals surface area contributed by atoms with Gasteiger partial charge in [0.05, 0.1) is 12.6 Å². The van der Waals surface area contributed by atoms with Gasteiger partial charge in [0.1, 0.15) is 11.8 Å². The van der Waals surface area contributed by atoms with Gasteiger partial charge in [-0.1, -0.05) is 46.8 Å². The molecule has 1 aromatic carbocycles. The summed E-state index contributed by atoms with van der Waals surface area (Å²) in [5.74, 6) is 0. The van der Waals surface area contributed by atoms with Crippen molar-refractivity contribution in [3.63, 3.8) is 0 Å². The number of ether oxygens (including phenoxy) is 1. The second kappa shape index (κ2) is 7.51. The summed E-state index contributed by atoms with van der Waals surface area (Å²) in [4.78, 5) is 13.7. The summed E-state index contributed by atoms with van der Waals surface area (Å²) in [6, 6.07) is 7.47. The highest BCUT2D eigenvalue weighted by molar-refractivity contribution is 9.10. The van der Waals surface area contributed by atoms with E-state index in [1.54, 1.807) is 20.8 Å². The lowest BCUT2D eigenvalue weighted by Gasteiger charge is -2.27. The fourth-order valence-corrected chi connectivity index (χ4v) is 2.78. The maximum Gasteiger partial charge on any atom is 0.410 e. The molecule has 2 rings (SSSR count). The molecule has 1 fully saturated rings. The van der Waals surface area contributed by atoms with Crippen molar-refractivity contribution >= 4 is 27.6 Å².